The fourth-order valence-electron chi connectivity index (χ4n) is 2.59. The summed E-state index contributed by atoms with van der Waals surface area (Å²) in [5, 5.41) is 12.6. The van der Waals surface area contributed by atoms with Gasteiger partial charge >= 0.3 is 0 Å². The minimum absolute atomic E-state index is 0.265. The van der Waals surface area contributed by atoms with Crippen molar-refractivity contribution in [2.24, 2.45) is 0 Å². The van der Waals surface area contributed by atoms with Crippen LogP contribution in [0.25, 0.3) is 0 Å². The lowest BCUT2D eigenvalue weighted by molar-refractivity contribution is 0.000637. The third-order valence-electron chi connectivity index (χ3n) is 3.64. The number of nitriles is 1. The smallest absolute Gasteiger partial charge is 0.144 e. The maximum absolute atomic E-state index is 9.29. The molecule has 1 aliphatic rings. The van der Waals surface area contributed by atoms with Gasteiger partial charge in [0.05, 0.1) is 11.2 Å². The fourth-order valence-corrected chi connectivity index (χ4v) is 2.59. The quantitative estimate of drug-likeness (QED) is 0.895. The van der Waals surface area contributed by atoms with Gasteiger partial charge in [-0.05, 0) is 58.1 Å². The molecule has 1 aromatic heterocycles. The summed E-state index contributed by atoms with van der Waals surface area (Å²) in [6, 6.07) is 4.25. The number of anilines is 1. The van der Waals surface area contributed by atoms with E-state index in [1.165, 1.54) is 18.4 Å². The standard InChI is InChI=1S/C16H23N3O/c1-4-20-16(2,3)11-18-15-13(10-17)9-12-7-5-6-8-14(12)19-15/h9H,4-8,11H2,1-3H3,(H,18,19). The summed E-state index contributed by atoms with van der Waals surface area (Å²) < 4.78 is 5.66. The molecule has 0 bridgehead atoms. The number of aromatic nitrogens is 1. The Labute approximate surface area is 121 Å². The number of rotatable bonds is 5. The van der Waals surface area contributed by atoms with Gasteiger partial charge in [-0.25, -0.2) is 4.98 Å². The van der Waals surface area contributed by atoms with Gasteiger partial charge in [-0.1, -0.05) is 0 Å². The molecule has 0 atom stereocenters. The minimum Gasteiger partial charge on any atom is -0.374 e. The van der Waals surface area contributed by atoms with E-state index in [2.05, 4.69) is 16.4 Å². The molecule has 108 valence electrons. The lowest BCUT2D eigenvalue weighted by Crippen LogP contribution is -2.34. The molecule has 0 saturated heterocycles. The van der Waals surface area contributed by atoms with E-state index in [9.17, 15) is 5.26 Å². The van der Waals surface area contributed by atoms with Gasteiger partial charge in [0.1, 0.15) is 11.9 Å². The summed E-state index contributed by atoms with van der Waals surface area (Å²) in [4.78, 5) is 4.66. The molecule has 0 unspecified atom stereocenters. The molecule has 20 heavy (non-hydrogen) atoms. The fraction of sp³-hybridized carbons (Fsp3) is 0.625. The maximum atomic E-state index is 9.29. The van der Waals surface area contributed by atoms with E-state index in [1.807, 2.05) is 26.8 Å². The molecule has 4 nitrogen and oxygen atoms in total. The summed E-state index contributed by atoms with van der Waals surface area (Å²) in [5.74, 6) is 0.695. The molecule has 1 aromatic rings. The van der Waals surface area contributed by atoms with Crippen molar-refractivity contribution in [3.63, 3.8) is 0 Å². The van der Waals surface area contributed by atoms with Gasteiger partial charge in [-0.15, -0.1) is 0 Å². The lowest BCUT2D eigenvalue weighted by atomic mass is 9.95. The molecule has 0 aliphatic heterocycles. The van der Waals surface area contributed by atoms with Crippen LogP contribution in [0.4, 0.5) is 5.82 Å². The zero-order valence-electron chi connectivity index (χ0n) is 12.6. The molecule has 1 N–H and O–H groups in total. The highest BCUT2D eigenvalue weighted by molar-refractivity contribution is 5.54. The van der Waals surface area contributed by atoms with Crippen molar-refractivity contribution in [1.82, 2.24) is 4.98 Å². The first kappa shape index (κ1) is 14.8. The Kier molecular flexibility index (Phi) is 4.61. The number of nitrogens with zero attached hydrogens (tertiary/aromatic N) is 2. The van der Waals surface area contributed by atoms with E-state index in [0.717, 1.165) is 18.5 Å². The van der Waals surface area contributed by atoms with Crippen LogP contribution in [0.5, 0.6) is 0 Å². The van der Waals surface area contributed by atoms with Gasteiger partial charge in [-0.2, -0.15) is 5.26 Å². The Balaban J connectivity index is 2.17. The van der Waals surface area contributed by atoms with E-state index in [0.29, 0.717) is 24.5 Å². The number of ether oxygens (including phenoxy) is 1. The molecule has 1 heterocycles. The Morgan fingerprint density at radius 1 is 1.40 bits per heavy atom. The van der Waals surface area contributed by atoms with Gasteiger partial charge < -0.3 is 10.1 Å². The van der Waals surface area contributed by atoms with Crippen LogP contribution in [-0.4, -0.2) is 23.7 Å². The molecular weight excluding hydrogens is 250 g/mol. The Morgan fingerprint density at radius 2 is 2.15 bits per heavy atom. The predicted octanol–water partition coefficient (Wildman–Crippen LogP) is 3.06. The van der Waals surface area contributed by atoms with Gasteiger partial charge in [0.15, 0.2) is 0 Å². The minimum atomic E-state index is -0.265. The number of hydrogen-bond acceptors (Lipinski definition) is 4. The molecule has 0 fully saturated rings. The van der Waals surface area contributed by atoms with Gasteiger partial charge in [0, 0.05) is 18.8 Å². The van der Waals surface area contributed by atoms with Crippen molar-refractivity contribution in [2.75, 3.05) is 18.5 Å². The number of nitrogens with one attached hydrogen (secondary N) is 1. The van der Waals surface area contributed by atoms with E-state index in [1.54, 1.807) is 0 Å². The highest BCUT2D eigenvalue weighted by Crippen LogP contribution is 2.24. The average Bonchev–Trinajstić information content (AvgIpc) is 2.44. The van der Waals surface area contributed by atoms with E-state index in [-0.39, 0.29) is 5.60 Å². The van der Waals surface area contributed by atoms with Crippen LogP contribution in [0.3, 0.4) is 0 Å². The van der Waals surface area contributed by atoms with Crippen molar-refractivity contribution >= 4 is 5.82 Å². The number of pyridine rings is 1. The van der Waals surface area contributed by atoms with E-state index < -0.39 is 0 Å². The summed E-state index contributed by atoms with van der Waals surface area (Å²) in [7, 11) is 0. The zero-order valence-corrected chi connectivity index (χ0v) is 12.6. The van der Waals surface area contributed by atoms with Crippen molar-refractivity contribution in [3.05, 3.63) is 22.9 Å². The van der Waals surface area contributed by atoms with Crippen LogP contribution in [0.2, 0.25) is 0 Å². The topological polar surface area (TPSA) is 57.9 Å². The van der Waals surface area contributed by atoms with Gasteiger partial charge in [0.2, 0.25) is 0 Å². The normalized spacial score (nSPS) is 14.5. The highest BCUT2D eigenvalue weighted by Gasteiger charge is 2.20. The molecule has 2 rings (SSSR count). The van der Waals surface area contributed by atoms with Crippen LogP contribution in [0.1, 0.15) is 50.4 Å². The monoisotopic (exact) mass is 273 g/mol. The van der Waals surface area contributed by atoms with Gasteiger partial charge in [-0.3, -0.25) is 0 Å². The summed E-state index contributed by atoms with van der Waals surface area (Å²) in [6.45, 7) is 7.38. The second-order valence-corrected chi connectivity index (χ2v) is 5.86. The zero-order chi connectivity index (χ0) is 14.6. The molecule has 0 radical (unpaired) electrons. The van der Waals surface area contributed by atoms with Crippen LogP contribution in [-0.2, 0) is 17.6 Å². The van der Waals surface area contributed by atoms with Crippen LogP contribution in [0, 0.1) is 11.3 Å². The van der Waals surface area contributed by atoms with Crippen molar-refractivity contribution in [3.8, 4) is 6.07 Å². The third-order valence-corrected chi connectivity index (χ3v) is 3.64. The second-order valence-electron chi connectivity index (χ2n) is 5.86. The Bertz CT molecular complexity index is 517. The predicted molar refractivity (Wildman–Crippen MR) is 79.8 cm³/mol. The Hall–Kier alpha value is -1.60. The summed E-state index contributed by atoms with van der Waals surface area (Å²) >= 11 is 0. The van der Waals surface area contributed by atoms with Crippen molar-refractivity contribution in [2.45, 2.75) is 52.1 Å². The largest absolute Gasteiger partial charge is 0.374 e. The Morgan fingerprint density at radius 3 is 2.85 bits per heavy atom. The maximum Gasteiger partial charge on any atom is 0.144 e. The molecule has 0 saturated carbocycles. The number of fused-ring (bicyclic) bond motifs is 1. The first-order chi connectivity index (χ1) is 9.55. The van der Waals surface area contributed by atoms with Crippen molar-refractivity contribution in [1.29, 1.82) is 5.26 Å². The summed E-state index contributed by atoms with van der Waals surface area (Å²) in [6.07, 6.45) is 4.45. The second kappa shape index (κ2) is 6.23. The molecule has 0 aromatic carbocycles. The summed E-state index contributed by atoms with van der Waals surface area (Å²) in [5.41, 5.74) is 2.76. The molecule has 1 aliphatic carbocycles. The van der Waals surface area contributed by atoms with Crippen molar-refractivity contribution < 1.29 is 4.74 Å². The third kappa shape index (κ3) is 3.49. The van der Waals surface area contributed by atoms with Gasteiger partial charge in [0.25, 0.3) is 0 Å². The average molecular weight is 273 g/mol. The molecular formula is C16H23N3O. The van der Waals surface area contributed by atoms with E-state index >= 15 is 0 Å². The molecule has 0 amide bonds. The molecule has 0 spiro atoms. The first-order valence-corrected chi connectivity index (χ1v) is 7.36. The first-order valence-electron chi connectivity index (χ1n) is 7.36. The lowest BCUT2D eigenvalue weighted by Gasteiger charge is -2.26. The SMILES string of the molecule is CCOC(C)(C)CNc1nc2c(cc1C#N)CCCC2. The van der Waals surface area contributed by atoms with E-state index in [4.69, 9.17) is 4.74 Å². The van der Waals surface area contributed by atoms with Crippen LogP contribution in [0.15, 0.2) is 6.07 Å². The number of aryl methyl sites for hydroxylation is 2. The molecule has 4 heteroatoms. The number of hydrogen-bond donors (Lipinski definition) is 1. The van der Waals surface area contributed by atoms with Crippen LogP contribution >= 0.6 is 0 Å². The van der Waals surface area contributed by atoms with Crippen LogP contribution < -0.4 is 5.32 Å². The highest BCUT2D eigenvalue weighted by atomic mass is 16.5.